The van der Waals surface area contributed by atoms with E-state index in [4.69, 9.17) is 5.11 Å². The minimum absolute atomic E-state index is 0.0122. The number of anilines is 2. The molecule has 0 radical (unpaired) electrons. The number of halogens is 1. The van der Waals surface area contributed by atoms with E-state index >= 15 is 0 Å². The average molecular weight is 274 g/mol. The van der Waals surface area contributed by atoms with Gasteiger partial charge in [0.15, 0.2) is 0 Å². The lowest BCUT2D eigenvalue weighted by atomic mass is 10.1. The van der Waals surface area contributed by atoms with E-state index in [1.165, 1.54) is 24.3 Å². The number of rotatable bonds is 4. The third kappa shape index (κ3) is 3.80. The number of nitrogens with one attached hydrogen (secondary N) is 2. The third-order valence-electron chi connectivity index (χ3n) is 2.75. The van der Waals surface area contributed by atoms with Crippen molar-refractivity contribution in [1.29, 1.82) is 0 Å². The van der Waals surface area contributed by atoms with Crippen LogP contribution < -0.4 is 10.6 Å². The molecule has 0 aliphatic carbocycles. The topological polar surface area (TPSA) is 61.4 Å². The molecule has 0 atom stereocenters. The molecule has 4 nitrogen and oxygen atoms in total. The summed E-state index contributed by atoms with van der Waals surface area (Å²) in [5, 5.41) is 14.3. The van der Waals surface area contributed by atoms with Crippen molar-refractivity contribution < 1.29 is 14.3 Å². The smallest absolute Gasteiger partial charge is 0.323 e. The van der Waals surface area contributed by atoms with E-state index in [1.807, 2.05) is 12.1 Å². The Morgan fingerprint density at radius 1 is 1.05 bits per heavy atom. The Kier molecular flexibility index (Phi) is 4.68. The summed E-state index contributed by atoms with van der Waals surface area (Å²) in [6, 6.07) is 12.3. The van der Waals surface area contributed by atoms with Gasteiger partial charge in [-0.3, -0.25) is 0 Å². The van der Waals surface area contributed by atoms with Gasteiger partial charge in [0.05, 0.1) is 0 Å². The van der Waals surface area contributed by atoms with Crippen molar-refractivity contribution in [3.05, 3.63) is 59.9 Å². The van der Waals surface area contributed by atoms with Gasteiger partial charge in [-0.25, -0.2) is 9.18 Å². The predicted octanol–water partition coefficient (Wildman–Crippen LogP) is 3.00. The number of amides is 2. The van der Waals surface area contributed by atoms with Crippen LogP contribution in [-0.2, 0) is 6.42 Å². The molecule has 2 rings (SSSR count). The van der Waals surface area contributed by atoms with Gasteiger partial charge >= 0.3 is 6.03 Å². The summed E-state index contributed by atoms with van der Waals surface area (Å²) >= 11 is 0. The van der Waals surface area contributed by atoms with Crippen LogP contribution in [0.5, 0.6) is 0 Å². The number of urea groups is 1. The number of carbonyl (C=O) groups excluding carboxylic acids is 1. The first-order valence-electron chi connectivity index (χ1n) is 6.21. The molecular weight excluding hydrogens is 259 g/mol. The van der Waals surface area contributed by atoms with Gasteiger partial charge in [0, 0.05) is 18.0 Å². The molecule has 0 aliphatic rings. The predicted molar refractivity (Wildman–Crippen MR) is 76.3 cm³/mol. The lowest BCUT2D eigenvalue weighted by Gasteiger charge is -2.11. The molecule has 0 saturated heterocycles. The first kappa shape index (κ1) is 14.0. The first-order valence-corrected chi connectivity index (χ1v) is 6.21. The van der Waals surface area contributed by atoms with Crippen LogP contribution in [0, 0.1) is 5.82 Å². The van der Waals surface area contributed by atoms with Crippen molar-refractivity contribution in [3.8, 4) is 0 Å². The van der Waals surface area contributed by atoms with Crippen molar-refractivity contribution in [2.24, 2.45) is 0 Å². The van der Waals surface area contributed by atoms with Crippen molar-refractivity contribution in [2.45, 2.75) is 6.42 Å². The van der Waals surface area contributed by atoms with Crippen LogP contribution in [0.1, 0.15) is 5.56 Å². The number of carbonyl (C=O) groups is 1. The van der Waals surface area contributed by atoms with Crippen LogP contribution in [0.15, 0.2) is 48.5 Å². The highest BCUT2D eigenvalue weighted by molar-refractivity contribution is 6.00. The van der Waals surface area contributed by atoms with Crippen molar-refractivity contribution in [1.82, 2.24) is 0 Å². The standard InChI is InChI=1S/C15H15FN2O2/c16-12-5-7-13(8-6-12)17-15(20)18-14-4-2-1-3-11(14)9-10-19/h1-8,19H,9-10H2,(H2,17,18,20). The molecule has 3 N–H and O–H groups in total. The van der Waals surface area contributed by atoms with Crippen LogP contribution in [-0.4, -0.2) is 17.7 Å². The number of aliphatic hydroxyl groups excluding tert-OH is 1. The lowest BCUT2D eigenvalue weighted by molar-refractivity contribution is 0.262. The summed E-state index contributed by atoms with van der Waals surface area (Å²) < 4.78 is 12.8. The highest BCUT2D eigenvalue weighted by atomic mass is 19.1. The fourth-order valence-corrected chi connectivity index (χ4v) is 1.80. The fraction of sp³-hybridized carbons (Fsp3) is 0.133. The average Bonchev–Trinajstić information content (AvgIpc) is 2.44. The Balaban J connectivity index is 2.02. The Labute approximate surface area is 116 Å². The molecule has 0 unspecified atom stereocenters. The third-order valence-corrected chi connectivity index (χ3v) is 2.75. The number of hydrogen-bond acceptors (Lipinski definition) is 2. The number of aliphatic hydroxyl groups is 1. The second-order valence-electron chi connectivity index (χ2n) is 4.22. The second-order valence-corrected chi connectivity index (χ2v) is 4.22. The molecule has 5 heteroatoms. The maximum atomic E-state index is 12.8. The van der Waals surface area contributed by atoms with Crippen LogP contribution in [0.2, 0.25) is 0 Å². The summed E-state index contributed by atoms with van der Waals surface area (Å²) in [6.07, 6.45) is 0.465. The van der Waals surface area contributed by atoms with Gasteiger partial charge in [0.1, 0.15) is 5.82 Å². The van der Waals surface area contributed by atoms with E-state index in [0.717, 1.165) is 5.56 Å². The molecule has 20 heavy (non-hydrogen) atoms. The zero-order valence-electron chi connectivity index (χ0n) is 10.8. The van der Waals surface area contributed by atoms with E-state index in [2.05, 4.69) is 10.6 Å². The van der Waals surface area contributed by atoms with Gasteiger partial charge in [-0.2, -0.15) is 0 Å². The van der Waals surface area contributed by atoms with E-state index in [-0.39, 0.29) is 12.4 Å². The van der Waals surface area contributed by atoms with Crippen LogP contribution in [0.4, 0.5) is 20.6 Å². The van der Waals surface area contributed by atoms with E-state index < -0.39 is 6.03 Å². The summed E-state index contributed by atoms with van der Waals surface area (Å²) in [4.78, 5) is 11.8. The van der Waals surface area contributed by atoms with Gasteiger partial charge < -0.3 is 15.7 Å². The molecule has 0 aromatic heterocycles. The van der Waals surface area contributed by atoms with E-state index in [9.17, 15) is 9.18 Å². The van der Waals surface area contributed by atoms with Gasteiger partial charge in [0.25, 0.3) is 0 Å². The van der Waals surface area contributed by atoms with Crippen LogP contribution >= 0.6 is 0 Å². The molecular formula is C15H15FN2O2. The monoisotopic (exact) mass is 274 g/mol. The van der Waals surface area contributed by atoms with Crippen molar-refractivity contribution in [2.75, 3.05) is 17.2 Å². The molecule has 0 aliphatic heterocycles. The molecule has 2 aromatic carbocycles. The summed E-state index contributed by atoms with van der Waals surface area (Å²) in [5.41, 5.74) is 1.99. The first-order chi connectivity index (χ1) is 9.69. The molecule has 2 aromatic rings. The molecule has 0 heterocycles. The summed E-state index contributed by atoms with van der Waals surface area (Å²) in [6.45, 7) is 0.0122. The van der Waals surface area contributed by atoms with Crippen molar-refractivity contribution in [3.63, 3.8) is 0 Å². The lowest BCUT2D eigenvalue weighted by Crippen LogP contribution is -2.20. The Morgan fingerprint density at radius 2 is 1.75 bits per heavy atom. The Morgan fingerprint density at radius 3 is 2.45 bits per heavy atom. The van der Waals surface area contributed by atoms with E-state index in [0.29, 0.717) is 17.8 Å². The van der Waals surface area contributed by atoms with Crippen LogP contribution in [0.3, 0.4) is 0 Å². The minimum Gasteiger partial charge on any atom is -0.396 e. The maximum Gasteiger partial charge on any atom is 0.323 e. The molecule has 0 saturated carbocycles. The normalized spacial score (nSPS) is 10.1. The molecule has 2 amide bonds. The number of para-hydroxylation sites is 1. The summed E-state index contributed by atoms with van der Waals surface area (Å²) in [7, 11) is 0. The fourth-order valence-electron chi connectivity index (χ4n) is 1.80. The molecule has 0 bridgehead atoms. The quantitative estimate of drug-likeness (QED) is 0.802. The van der Waals surface area contributed by atoms with Crippen LogP contribution in [0.25, 0.3) is 0 Å². The van der Waals surface area contributed by atoms with E-state index in [1.54, 1.807) is 12.1 Å². The Hall–Kier alpha value is -2.40. The second kappa shape index (κ2) is 6.68. The maximum absolute atomic E-state index is 12.8. The minimum atomic E-state index is -0.415. The molecule has 104 valence electrons. The summed E-state index contributed by atoms with van der Waals surface area (Å²) in [5.74, 6) is -0.357. The SMILES string of the molecule is O=C(Nc1ccc(F)cc1)Nc1ccccc1CCO. The zero-order valence-corrected chi connectivity index (χ0v) is 10.8. The van der Waals surface area contributed by atoms with Gasteiger partial charge in [-0.1, -0.05) is 18.2 Å². The number of benzene rings is 2. The largest absolute Gasteiger partial charge is 0.396 e. The molecule has 0 spiro atoms. The highest BCUT2D eigenvalue weighted by Crippen LogP contribution is 2.16. The van der Waals surface area contributed by atoms with Gasteiger partial charge in [-0.15, -0.1) is 0 Å². The highest BCUT2D eigenvalue weighted by Gasteiger charge is 2.06. The number of hydrogen-bond donors (Lipinski definition) is 3. The van der Waals surface area contributed by atoms with Crippen molar-refractivity contribution >= 4 is 17.4 Å². The zero-order chi connectivity index (χ0) is 14.4. The van der Waals surface area contributed by atoms with Gasteiger partial charge in [-0.05, 0) is 42.3 Å². The molecule has 0 fully saturated rings. The Bertz CT molecular complexity index is 585. The van der Waals surface area contributed by atoms with Gasteiger partial charge in [0.2, 0.25) is 0 Å².